The zero-order chi connectivity index (χ0) is 16.6. The molecule has 2 heterocycles. The summed E-state index contributed by atoms with van der Waals surface area (Å²) in [7, 11) is 0. The summed E-state index contributed by atoms with van der Waals surface area (Å²) in [6, 6.07) is 7.07. The second-order valence-corrected chi connectivity index (χ2v) is 5.82. The van der Waals surface area contributed by atoms with Gasteiger partial charge in [0.15, 0.2) is 6.10 Å². The summed E-state index contributed by atoms with van der Waals surface area (Å²) < 4.78 is 5.54. The van der Waals surface area contributed by atoms with Crippen molar-refractivity contribution in [2.75, 3.05) is 24.5 Å². The first-order valence-corrected chi connectivity index (χ1v) is 7.55. The Hall–Kier alpha value is -2.57. The number of carbonyl (C=O) groups is 3. The fourth-order valence-electron chi connectivity index (χ4n) is 2.95. The molecule has 0 aromatic heterocycles. The van der Waals surface area contributed by atoms with Gasteiger partial charge in [-0.2, -0.15) is 0 Å². The topological polar surface area (TPSA) is 87.2 Å². The fraction of sp³-hybridized carbons (Fsp3) is 0.438. The molecular weight excluding hydrogens is 300 g/mol. The van der Waals surface area contributed by atoms with Crippen molar-refractivity contribution in [2.24, 2.45) is 5.92 Å². The normalized spacial score (nSPS) is 23.4. The van der Waals surface area contributed by atoms with Crippen LogP contribution >= 0.6 is 0 Å². The second-order valence-electron chi connectivity index (χ2n) is 5.82. The van der Waals surface area contributed by atoms with Crippen molar-refractivity contribution >= 4 is 23.5 Å². The van der Waals surface area contributed by atoms with Crippen LogP contribution in [-0.2, 0) is 14.4 Å². The van der Waals surface area contributed by atoms with Crippen molar-refractivity contribution in [2.45, 2.75) is 19.4 Å². The van der Waals surface area contributed by atoms with E-state index in [1.165, 1.54) is 9.80 Å². The van der Waals surface area contributed by atoms with Crippen molar-refractivity contribution in [1.82, 2.24) is 4.90 Å². The fourth-order valence-corrected chi connectivity index (χ4v) is 2.95. The van der Waals surface area contributed by atoms with Gasteiger partial charge < -0.3 is 14.7 Å². The number of amides is 2. The molecule has 0 spiro atoms. The number of hydrogen-bond acceptors (Lipinski definition) is 4. The molecule has 0 saturated carbocycles. The van der Waals surface area contributed by atoms with Crippen molar-refractivity contribution in [3.05, 3.63) is 24.3 Å². The number of carboxylic acids is 1. The van der Waals surface area contributed by atoms with Crippen molar-refractivity contribution in [3.8, 4) is 5.75 Å². The SMILES string of the molecule is C[C@@H]1Oc2ccccc2N(CC(=O)N2CC[C@@H](C(=O)O)C2)C1=O. The Balaban J connectivity index is 1.75. The molecule has 0 unspecified atom stereocenters. The molecular formula is C16H18N2O5. The minimum atomic E-state index is -0.887. The van der Waals surface area contributed by atoms with Crippen molar-refractivity contribution < 1.29 is 24.2 Å². The highest BCUT2D eigenvalue weighted by molar-refractivity contribution is 6.03. The van der Waals surface area contributed by atoms with Gasteiger partial charge in [-0.05, 0) is 25.5 Å². The Kier molecular flexibility index (Phi) is 3.94. The lowest BCUT2D eigenvalue weighted by atomic mass is 10.1. The van der Waals surface area contributed by atoms with E-state index in [0.717, 1.165) is 0 Å². The van der Waals surface area contributed by atoms with Crippen LogP contribution < -0.4 is 9.64 Å². The van der Waals surface area contributed by atoms with Crippen LogP contribution in [0.25, 0.3) is 0 Å². The van der Waals surface area contributed by atoms with Crippen LogP contribution in [0.15, 0.2) is 24.3 Å². The van der Waals surface area contributed by atoms with E-state index in [0.29, 0.717) is 24.4 Å². The van der Waals surface area contributed by atoms with E-state index in [9.17, 15) is 14.4 Å². The second kappa shape index (κ2) is 5.91. The third kappa shape index (κ3) is 2.86. The summed E-state index contributed by atoms with van der Waals surface area (Å²) in [6.45, 7) is 2.15. The largest absolute Gasteiger partial charge is 0.481 e. The first-order valence-electron chi connectivity index (χ1n) is 7.55. The van der Waals surface area contributed by atoms with Gasteiger partial charge >= 0.3 is 5.97 Å². The molecule has 7 nitrogen and oxygen atoms in total. The van der Waals surface area contributed by atoms with E-state index in [1.54, 1.807) is 31.2 Å². The predicted molar refractivity (Wildman–Crippen MR) is 81.2 cm³/mol. The summed E-state index contributed by atoms with van der Waals surface area (Å²) >= 11 is 0. The van der Waals surface area contributed by atoms with E-state index in [-0.39, 0.29) is 24.9 Å². The highest BCUT2D eigenvalue weighted by Crippen LogP contribution is 2.33. The van der Waals surface area contributed by atoms with E-state index in [2.05, 4.69) is 0 Å². The Morgan fingerprint density at radius 3 is 2.78 bits per heavy atom. The monoisotopic (exact) mass is 318 g/mol. The lowest BCUT2D eigenvalue weighted by Gasteiger charge is -2.33. The van der Waals surface area contributed by atoms with Gasteiger partial charge in [0.25, 0.3) is 5.91 Å². The third-order valence-corrected chi connectivity index (χ3v) is 4.26. The molecule has 7 heteroatoms. The van der Waals surface area contributed by atoms with Gasteiger partial charge in [0.2, 0.25) is 5.91 Å². The number of aliphatic carboxylic acids is 1. The lowest BCUT2D eigenvalue weighted by molar-refractivity contribution is -0.141. The zero-order valence-electron chi connectivity index (χ0n) is 12.8. The Bertz CT molecular complexity index is 660. The summed E-state index contributed by atoms with van der Waals surface area (Å²) in [5.41, 5.74) is 0.568. The van der Waals surface area contributed by atoms with E-state index < -0.39 is 18.0 Å². The summed E-state index contributed by atoms with van der Waals surface area (Å²) in [5, 5.41) is 9.02. The van der Waals surface area contributed by atoms with Crippen molar-refractivity contribution in [1.29, 1.82) is 0 Å². The standard InChI is InChI=1S/C16H18N2O5/c1-10-15(20)18(12-4-2-3-5-13(12)23-10)9-14(19)17-7-6-11(8-17)16(21)22/h2-5,10-11H,6-9H2,1H3,(H,21,22)/t10-,11+/m0/s1. The van der Waals surface area contributed by atoms with Gasteiger partial charge in [-0.3, -0.25) is 19.3 Å². The molecule has 2 amide bonds. The molecule has 1 fully saturated rings. The highest BCUT2D eigenvalue weighted by Gasteiger charge is 2.36. The van der Waals surface area contributed by atoms with Crippen LogP contribution in [0.4, 0.5) is 5.69 Å². The number of para-hydroxylation sites is 2. The molecule has 0 bridgehead atoms. The molecule has 122 valence electrons. The maximum absolute atomic E-state index is 12.4. The summed E-state index contributed by atoms with van der Waals surface area (Å²) in [4.78, 5) is 38.7. The van der Waals surface area contributed by atoms with Crippen LogP contribution in [0, 0.1) is 5.92 Å². The molecule has 0 radical (unpaired) electrons. The average Bonchev–Trinajstić information content (AvgIpc) is 3.02. The smallest absolute Gasteiger partial charge is 0.308 e. The number of anilines is 1. The number of nitrogens with zero attached hydrogens (tertiary/aromatic N) is 2. The van der Waals surface area contributed by atoms with E-state index in [1.807, 2.05) is 0 Å². The summed E-state index contributed by atoms with van der Waals surface area (Å²) in [5.74, 6) is -1.36. The molecule has 3 rings (SSSR count). The number of carboxylic acid groups (broad SMARTS) is 1. The third-order valence-electron chi connectivity index (χ3n) is 4.26. The number of hydrogen-bond donors (Lipinski definition) is 1. The highest BCUT2D eigenvalue weighted by atomic mass is 16.5. The number of rotatable bonds is 3. The number of benzene rings is 1. The van der Waals surface area contributed by atoms with Gasteiger partial charge in [0.05, 0.1) is 11.6 Å². The van der Waals surface area contributed by atoms with Gasteiger partial charge in [-0.1, -0.05) is 12.1 Å². The Morgan fingerprint density at radius 2 is 2.09 bits per heavy atom. The molecule has 1 aromatic carbocycles. The Labute approximate surface area is 133 Å². The first-order chi connectivity index (χ1) is 11.0. The van der Waals surface area contributed by atoms with Gasteiger partial charge in [-0.25, -0.2) is 0 Å². The molecule has 2 aliphatic rings. The van der Waals surface area contributed by atoms with Crippen LogP contribution in [0.3, 0.4) is 0 Å². The van der Waals surface area contributed by atoms with E-state index >= 15 is 0 Å². The van der Waals surface area contributed by atoms with Gasteiger partial charge in [-0.15, -0.1) is 0 Å². The van der Waals surface area contributed by atoms with Crippen LogP contribution in [0.5, 0.6) is 5.75 Å². The quantitative estimate of drug-likeness (QED) is 0.888. The van der Waals surface area contributed by atoms with Crippen LogP contribution in [0.2, 0.25) is 0 Å². The zero-order valence-corrected chi connectivity index (χ0v) is 12.8. The minimum Gasteiger partial charge on any atom is -0.481 e. The number of likely N-dealkylation sites (tertiary alicyclic amines) is 1. The molecule has 1 N–H and O–H groups in total. The summed E-state index contributed by atoms with van der Waals surface area (Å²) in [6.07, 6.45) is -0.200. The lowest BCUT2D eigenvalue weighted by Crippen LogP contribution is -2.49. The number of ether oxygens (including phenoxy) is 1. The van der Waals surface area contributed by atoms with Crippen molar-refractivity contribution in [3.63, 3.8) is 0 Å². The molecule has 0 aliphatic carbocycles. The number of fused-ring (bicyclic) bond motifs is 1. The molecule has 2 atom stereocenters. The van der Waals surface area contributed by atoms with Crippen LogP contribution in [-0.4, -0.2) is 53.5 Å². The molecule has 2 aliphatic heterocycles. The van der Waals surface area contributed by atoms with Gasteiger partial charge in [0, 0.05) is 13.1 Å². The number of carbonyl (C=O) groups excluding carboxylic acids is 2. The molecule has 1 aromatic rings. The van der Waals surface area contributed by atoms with Crippen LogP contribution in [0.1, 0.15) is 13.3 Å². The maximum Gasteiger partial charge on any atom is 0.308 e. The first kappa shape index (κ1) is 15.3. The maximum atomic E-state index is 12.4. The van der Waals surface area contributed by atoms with E-state index in [4.69, 9.17) is 9.84 Å². The average molecular weight is 318 g/mol. The predicted octanol–water partition coefficient (Wildman–Crippen LogP) is 0.734. The molecule has 23 heavy (non-hydrogen) atoms. The van der Waals surface area contributed by atoms with Gasteiger partial charge in [0.1, 0.15) is 12.3 Å². The minimum absolute atomic E-state index is 0.101. The molecule has 1 saturated heterocycles. The Morgan fingerprint density at radius 1 is 1.35 bits per heavy atom.